The first-order chi connectivity index (χ1) is 8.94. The van der Waals surface area contributed by atoms with Crippen LogP contribution in [0.15, 0.2) is 18.2 Å². The van der Waals surface area contributed by atoms with Crippen LogP contribution in [0.4, 0.5) is 4.39 Å². The fraction of sp³-hybridized carbons (Fsp3) is 0.533. The fourth-order valence-electron chi connectivity index (χ4n) is 2.02. The van der Waals surface area contributed by atoms with Crippen LogP contribution in [0.2, 0.25) is 0 Å². The number of ether oxygens (including phenoxy) is 1. The Kier molecular flexibility index (Phi) is 5.48. The van der Waals surface area contributed by atoms with Crippen molar-refractivity contribution in [1.29, 1.82) is 0 Å². The number of benzene rings is 1. The minimum atomic E-state index is -0.359. The number of nitrogens with zero attached hydrogens (tertiary/aromatic N) is 1. The van der Waals surface area contributed by atoms with Crippen LogP contribution in [0.3, 0.4) is 0 Å². The highest BCUT2D eigenvalue weighted by molar-refractivity contribution is 5.58. The molecule has 1 aromatic rings. The van der Waals surface area contributed by atoms with Crippen molar-refractivity contribution >= 4 is 6.29 Å². The Labute approximate surface area is 114 Å². The van der Waals surface area contributed by atoms with E-state index in [-0.39, 0.29) is 17.0 Å². The van der Waals surface area contributed by atoms with Crippen LogP contribution in [0.25, 0.3) is 0 Å². The molecular formula is C15H22FNO2. The first-order valence-corrected chi connectivity index (χ1v) is 6.41. The first kappa shape index (κ1) is 15.6. The zero-order valence-corrected chi connectivity index (χ0v) is 12.1. The monoisotopic (exact) mass is 267 g/mol. The topological polar surface area (TPSA) is 29.5 Å². The maximum atomic E-state index is 13.6. The number of hydrogen-bond acceptors (Lipinski definition) is 3. The van der Waals surface area contributed by atoms with Gasteiger partial charge < -0.3 is 14.4 Å². The normalized spacial score (nSPS) is 14.2. The van der Waals surface area contributed by atoms with Crippen LogP contribution < -0.4 is 4.74 Å². The molecule has 0 aliphatic heterocycles. The van der Waals surface area contributed by atoms with Crippen molar-refractivity contribution in [1.82, 2.24) is 4.90 Å². The molecule has 1 rings (SSSR count). The van der Waals surface area contributed by atoms with Crippen LogP contribution in [0, 0.1) is 11.2 Å². The minimum Gasteiger partial charge on any atom is -0.494 e. The highest BCUT2D eigenvalue weighted by Crippen LogP contribution is 2.21. The molecule has 0 saturated heterocycles. The molecule has 4 heteroatoms. The Morgan fingerprint density at radius 3 is 2.63 bits per heavy atom. The number of methoxy groups -OCH3 is 1. The number of hydrogen-bond donors (Lipinski definition) is 0. The second-order valence-electron chi connectivity index (χ2n) is 5.27. The first-order valence-electron chi connectivity index (χ1n) is 6.41. The molecular weight excluding hydrogens is 245 g/mol. The maximum absolute atomic E-state index is 13.6. The Hall–Kier alpha value is -1.42. The summed E-state index contributed by atoms with van der Waals surface area (Å²) < 4.78 is 18.5. The number of aldehydes is 1. The van der Waals surface area contributed by atoms with Gasteiger partial charge in [-0.1, -0.05) is 19.9 Å². The van der Waals surface area contributed by atoms with Gasteiger partial charge in [-0.15, -0.1) is 0 Å². The van der Waals surface area contributed by atoms with E-state index in [1.54, 1.807) is 6.07 Å². The van der Waals surface area contributed by atoms with Gasteiger partial charge in [0.05, 0.1) is 7.11 Å². The van der Waals surface area contributed by atoms with Gasteiger partial charge in [0.15, 0.2) is 11.6 Å². The molecule has 0 heterocycles. The van der Waals surface area contributed by atoms with E-state index >= 15 is 0 Å². The standard InChI is InChI=1S/C15H22FNO2/c1-5-15(2,11-18)10-17(3)9-12-6-7-14(19-4)13(16)8-12/h6-8,11H,5,9-10H2,1-4H3. The van der Waals surface area contributed by atoms with Crippen LogP contribution >= 0.6 is 0 Å². The van der Waals surface area contributed by atoms with Gasteiger partial charge in [0, 0.05) is 18.5 Å². The van der Waals surface area contributed by atoms with Crippen molar-refractivity contribution in [2.24, 2.45) is 5.41 Å². The summed E-state index contributed by atoms with van der Waals surface area (Å²) >= 11 is 0. The second-order valence-corrected chi connectivity index (χ2v) is 5.27. The van der Waals surface area contributed by atoms with Gasteiger partial charge >= 0.3 is 0 Å². The zero-order valence-electron chi connectivity index (χ0n) is 12.1. The molecule has 0 fully saturated rings. The van der Waals surface area contributed by atoms with E-state index in [0.717, 1.165) is 18.3 Å². The average molecular weight is 267 g/mol. The predicted octanol–water partition coefficient (Wildman–Crippen LogP) is 2.88. The van der Waals surface area contributed by atoms with E-state index < -0.39 is 0 Å². The summed E-state index contributed by atoms with van der Waals surface area (Å²) in [5.41, 5.74) is 0.518. The fourth-order valence-corrected chi connectivity index (χ4v) is 2.02. The number of rotatable bonds is 7. The summed E-state index contributed by atoms with van der Waals surface area (Å²) in [5.74, 6) is -0.111. The summed E-state index contributed by atoms with van der Waals surface area (Å²) in [6.45, 7) is 5.19. The van der Waals surface area contributed by atoms with Crippen LogP contribution in [0.1, 0.15) is 25.8 Å². The molecule has 0 saturated carbocycles. The summed E-state index contributed by atoms with van der Waals surface area (Å²) in [6.07, 6.45) is 1.79. The predicted molar refractivity (Wildman–Crippen MR) is 73.7 cm³/mol. The van der Waals surface area contributed by atoms with E-state index in [2.05, 4.69) is 0 Å². The molecule has 0 aromatic heterocycles. The lowest BCUT2D eigenvalue weighted by Crippen LogP contribution is -2.33. The Bertz CT molecular complexity index is 436. The molecule has 0 N–H and O–H groups in total. The van der Waals surface area contributed by atoms with E-state index in [1.165, 1.54) is 13.2 Å². The second kappa shape index (κ2) is 6.66. The van der Waals surface area contributed by atoms with Crippen LogP contribution in [-0.2, 0) is 11.3 Å². The quantitative estimate of drug-likeness (QED) is 0.711. The average Bonchev–Trinajstić information content (AvgIpc) is 2.38. The lowest BCUT2D eigenvalue weighted by molar-refractivity contribution is -0.116. The Morgan fingerprint density at radius 1 is 1.47 bits per heavy atom. The molecule has 0 aliphatic carbocycles. The van der Waals surface area contributed by atoms with E-state index in [1.807, 2.05) is 31.9 Å². The van der Waals surface area contributed by atoms with Crippen LogP contribution in [0.5, 0.6) is 5.75 Å². The smallest absolute Gasteiger partial charge is 0.165 e. The molecule has 1 atom stereocenters. The van der Waals surface area contributed by atoms with Gasteiger partial charge in [-0.2, -0.15) is 0 Å². The lowest BCUT2D eigenvalue weighted by Gasteiger charge is -2.28. The van der Waals surface area contributed by atoms with Gasteiger partial charge in [-0.25, -0.2) is 4.39 Å². The van der Waals surface area contributed by atoms with Crippen molar-refractivity contribution in [3.8, 4) is 5.75 Å². The molecule has 0 amide bonds. The van der Waals surface area contributed by atoms with E-state index in [0.29, 0.717) is 13.1 Å². The van der Waals surface area contributed by atoms with E-state index in [4.69, 9.17) is 4.74 Å². The van der Waals surface area contributed by atoms with Crippen molar-refractivity contribution in [2.75, 3.05) is 20.7 Å². The van der Waals surface area contributed by atoms with Gasteiger partial charge in [-0.3, -0.25) is 0 Å². The van der Waals surface area contributed by atoms with Gasteiger partial charge in [0.2, 0.25) is 0 Å². The summed E-state index contributed by atoms with van der Waals surface area (Å²) in [6, 6.07) is 4.93. The molecule has 0 bridgehead atoms. The summed E-state index contributed by atoms with van der Waals surface area (Å²) in [7, 11) is 3.38. The highest BCUT2D eigenvalue weighted by Gasteiger charge is 2.23. The molecule has 0 aliphatic rings. The third kappa shape index (κ3) is 4.31. The van der Waals surface area contributed by atoms with Gasteiger partial charge in [0.25, 0.3) is 0 Å². The largest absolute Gasteiger partial charge is 0.494 e. The van der Waals surface area contributed by atoms with Gasteiger partial charge in [-0.05, 0) is 31.2 Å². The number of carbonyl (C=O) groups excluding carboxylic acids is 1. The SMILES string of the molecule is CCC(C)(C=O)CN(C)Cc1ccc(OC)c(F)c1. The van der Waals surface area contributed by atoms with E-state index in [9.17, 15) is 9.18 Å². The Balaban J connectivity index is 2.69. The van der Waals surface area contributed by atoms with Crippen molar-refractivity contribution in [3.63, 3.8) is 0 Å². The third-order valence-electron chi connectivity index (χ3n) is 3.39. The summed E-state index contributed by atoms with van der Waals surface area (Å²) in [5, 5.41) is 0. The lowest BCUT2D eigenvalue weighted by atomic mass is 9.89. The zero-order chi connectivity index (χ0) is 14.5. The molecule has 106 valence electrons. The van der Waals surface area contributed by atoms with Gasteiger partial charge in [0.1, 0.15) is 6.29 Å². The third-order valence-corrected chi connectivity index (χ3v) is 3.39. The highest BCUT2D eigenvalue weighted by atomic mass is 19.1. The molecule has 0 radical (unpaired) electrons. The van der Waals surface area contributed by atoms with Crippen molar-refractivity contribution in [3.05, 3.63) is 29.6 Å². The number of carbonyl (C=O) groups is 1. The molecule has 19 heavy (non-hydrogen) atoms. The molecule has 1 unspecified atom stereocenters. The molecule has 3 nitrogen and oxygen atoms in total. The maximum Gasteiger partial charge on any atom is 0.165 e. The molecule has 1 aromatic carbocycles. The molecule has 0 spiro atoms. The number of halogens is 1. The van der Waals surface area contributed by atoms with Crippen LogP contribution in [-0.4, -0.2) is 31.9 Å². The minimum absolute atomic E-state index is 0.248. The summed E-state index contributed by atoms with van der Waals surface area (Å²) in [4.78, 5) is 13.1. The van der Waals surface area contributed by atoms with Crippen molar-refractivity contribution in [2.45, 2.75) is 26.8 Å². The Morgan fingerprint density at radius 2 is 2.16 bits per heavy atom. The van der Waals surface area contributed by atoms with Crippen molar-refractivity contribution < 1.29 is 13.9 Å².